The minimum atomic E-state index is -0.219. The van der Waals surface area contributed by atoms with Gasteiger partial charge in [-0.1, -0.05) is 0 Å². The molecule has 0 spiro atoms. The third-order valence-electron chi connectivity index (χ3n) is 2.30. The highest BCUT2D eigenvalue weighted by Crippen LogP contribution is 2.15. The Bertz CT molecular complexity index is 281. The second kappa shape index (κ2) is 5.90. The third-order valence-corrected chi connectivity index (χ3v) is 2.30. The Kier molecular flexibility index (Phi) is 4.81. The summed E-state index contributed by atoms with van der Waals surface area (Å²) in [5.41, 5.74) is 0. The minimum Gasteiger partial charge on any atom is -0.465 e. The molecule has 0 radical (unpaired) electrons. The van der Waals surface area contributed by atoms with E-state index in [0.717, 1.165) is 11.5 Å². The standard InChI is InChI=1S/C11H19NO3/c1-8-5-6-10(15-8)9(2)12-7-11(13-3)14-4/h5-6,9,11-12H,7H2,1-4H3. The smallest absolute Gasteiger partial charge is 0.169 e. The van der Waals surface area contributed by atoms with Crippen LogP contribution in [-0.4, -0.2) is 27.1 Å². The van der Waals surface area contributed by atoms with Crippen LogP contribution in [0.1, 0.15) is 24.5 Å². The first-order chi connectivity index (χ1) is 7.17. The van der Waals surface area contributed by atoms with E-state index in [2.05, 4.69) is 5.32 Å². The molecule has 1 unspecified atom stereocenters. The number of hydrogen-bond acceptors (Lipinski definition) is 4. The van der Waals surface area contributed by atoms with Crippen molar-refractivity contribution in [1.82, 2.24) is 5.32 Å². The molecular weight excluding hydrogens is 194 g/mol. The molecule has 0 saturated carbocycles. The van der Waals surface area contributed by atoms with Gasteiger partial charge < -0.3 is 19.2 Å². The van der Waals surface area contributed by atoms with Gasteiger partial charge in [0.2, 0.25) is 0 Å². The normalized spacial score (nSPS) is 13.4. The molecule has 0 saturated heterocycles. The summed E-state index contributed by atoms with van der Waals surface area (Å²) in [4.78, 5) is 0. The summed E-state index contributed by atoms with van der Waals surface area (Å²) in [7, 11) is 3.25. The molecule has 1 N–H and O–H groups in total. The summed E-state index contributed by atoms with van der Waals surface area (Å²) >= 11 is 0. The Balaban J connectivity index is 2.39. The average Bonchev–Trinajstić information content (AvgIpc) is 2.66. The zero-order valence-corrected chi connectivity index (χ0v) is 9.74. The average molecular weight is 213 g/mol. The molecule has 0 aromatic carbocycles. The Hall–Kier alpha value is -0.840. The molecule has 4 heteroatoms. The summed E-state index contributed by atoms with van der Waals surface area (Å²) < 4.78 is 15.7. The number of aryl methyl sites for hydroxylation is 1. The van der Waals surface area contributed by atoms with Crippen molar-refractivity contribution in [2.24, 2.45) is 0 Å². The van der Waals surface area contributed by atoms with E-state index in [4.69, 9.17) is 13.9 Å². The van der Waals surface area contributed by atoms with Crippen molar-refractivity contribution in [2.45, 2.75) is 26.2 Å². The van der Waals surface area contributed by atoms with Crippen LogP contribution in [0.4, 0.5) is 0 Å². The fourth-order valence-electron chi connectivity index (χ4n) is 1.32. The number of rotatable bonds is 6. The van der Waals surface area contributed by atoms with Crippen molar-refractivity contribution in [2.75, 3.05) is 20.8 Å². The number of nitrogens with one attached hydrogen (secondary N) is 1. The summed E-state index contributed by atoms with van der Waals surface area (Å²) in [6, 6.07) is 4.09. The maximum Gasteiger partial charge on any atom is 0.169 e. The predicted molar refractivity (Wildman–Crippen MR) is 57.7 cm³/mol. The van der Waals surface area contributed by atoms with Gasteiger partial charge in [-0.05, 0) is 26.0 Å². The summed E-state index contributed by atoms with van der Waals surface area (Å²) in [6.45, 7) is 4.61. The summed E-state index contributed by atoms with van der Waals surface area (Å²) in [5, 5.41) is 3.27. The Labute approximate surface area is 90.6 Å². The molecule has 1 atom stereocenters. The Morgan fingerprint density at radius 3 is 2.47 bits per heavy atom. The molecule has 0 fully saturated rings. The molecule has 0 aliphatic rings. The molecule has 1 aromatic heterocycles. The minimum absolute atomic E-state index is 0.159. The van der Waals surface area contributed by atoms with Gasteiger partial charge in [-0.3, -0.25) is 0 Å². The Morgan fingerprint density at radius 2 is 2.00 bits per heavy atom. The SMILES string of the molecule is COC(CNC(C)c1ccc(C)o1)OC. The molecule has 0 aliphatic carbocycles. The number of ether oxygens (including phenoxy) is 2. The van der Waals surface area contributed by atoms with E-state index in [0.29, 0.717) is 6.54 Å². The van der Waals surface area contributed by atoms with Gasteiger partial charge in [0.1, 0.15) is 11.5 Å². The van der Waals surface area contributed by atoms with Crippen molar-refractivity contribution in [1.29, 1.82) is 0 Å². The molecule has 4 nitrogen and oxygen atoms in total. The van der Waals surface area contributed by atoms with Crippen LogP contribution in [0.15, 0.2) is 16.5 Å². The predicted octanol–water partition coefficient (Wildman–Crippen LogP) is 1.86. The molecule has 0 aliphatic heterocycles. The van der Waals surface area contributed by atoms with Crippen LogP contribution in [0.3, 0.4) is 0 Å². The zero-order chi connectivity index (χ0) is 11.3. The van der Waals surface area contributed by atoms with Crippen LogP contribution in [-0.2, 0) is 9.47 Å². The van der Waals surface area contributed by atoms with Gasteiger partial charge in [-0.15, -0.1) is 0 Å². The van der Waals surface area contributed by atoms with Gasteiger partial charge in [-0.2, -0.15) is 0 Å². The third kappa shape index (κ3) is 3.66. The maximum absolute atomic E-state index is 5.50. The van der Waals surface area contributed by atoms with Gasteiger partial charge in [-0.25, -0.2) is 0 Å². The highest BCUT2D eigenvalue weighted by Gasteiger charge is 2.11. The van der Waals surface area contributed by atoms with Gasteiger partial charge in [0.15, 0.2) is 6.29 Å². The first kappa shape index (κ1) is 12.2. The van der Waals surface area contributed by atoms with Gasteiger partial charge >= 0.3 is 0 Å². The van der Waals surface area contributed by atoms with E-state index in [1.807, 2.05) is 26.0 Å². The van der Waals surface area contributed by atoms with Crippen molar-refractivity contribution >= 4 is 0 Å². The lowest BCUT2D eigenvalue weighted by atomic mass is 10.2. The van der Waals surface area contributed by atoms with Crippen LogP contribution in [0.25, 0.3) is 0 Å². The van der Waals surface area contributed by atoms with Crippen LogP contribution in [0.5, 0.6) is 0 Å². The molecule has 1 rings (SSSR count). The van der Waals surface area contributed by atoms with E-state index < -0.39 is 0 Å². The Morgan fingerprint density at radius 1 is 1.33 bits per heavy atom. The van der Waals surface area contributed by atoms with Crippen LogP contribution >= 0.6 is 0 Å². The molecule has 1 aromatic rings. The molecule has 0 amide bonds. The lowest BCUT2D eigenvalue weighted by Crippen LogP contribution is -2.31. The maximum atomic E-state index is 5.50. The largest absolute Gasteiger partial charge is 0.465 e. The molecular formula is C11H19NO3. The fraction of sp³-hybridized carbons (Fsp3) is 0.636. The first-order valence-electron chi connectivity index (χ1n) is 5.02. The second-order valence-corrected chi connectivity index (χ2v) is 3.48. The van der Waals surface area contributed by atoms with E-state index in [1.54, 1.807) is 14.2 Å². The second-order valence-electron chi connectivity index (χ2n) is 3.48. The first-order valence-corrected chi connectivity index (χ1v) is 5.02. The molecule has 0 bridgehead atoms. The van der Waals surface area contributed by atoms with E-state index >= 15 is 0 Å². The van der Waals surface area contributed by atoms with E-state index in [1.165, 1.54) is 0 Å². The number of methoxy groups -OCH3 is 2. The van der Waals surface area contributed by atoms with Crippen molar-refractivity contribution in [3.8, 4) is 0 Å². The van der Waals surface area contributed by atoms with Gasteiger partial charge in [0.25, 0.3) is 0 Å². The molecule has 86 valence electrons. The van der Waals surface area contributed by atoms with Crippen molar-refractivity contribution < 1.29 is 13.9 Å². The summed E-state index contributed by atoms with van der Waals surface area (Å²) in [5.74, 6) is 1.85. The quantitative estimate of drug-likeness (QED) is 0.732. The topological polar surface area (TPSA) is 43.6 Å². The van der Waals surface area contributed by atoms with Gasteiger partial charge in [0, 0.05) is 20.8 Å². The molecule has 15 heavy (non-hydrogen) atoms. The van der Waals surface area contributed by atoms with Crippen LogP contribution in [0.2, 0.25) is 0 Å². The lowest BCUT2D eigenvalue weighted by molar-refractivity contribution is -0.0999. The molecule has 1 heterocycles. The summed E-state index contributed by atoms with van der Waals surface area (Å²) in [6.07, 6.45) is -0.219. The van der Waals surface area contributed by atoms with Crippen molar-refractivity contribution in [3.05, 3.63) is 23.7 Å². The lowest BCUT2D eigenvalue weighted by Gasteiger charge is -2.17. The monoisotopic (exact) mass is 213 g/mol. The van der Waals surface area contributed by atoms with Crippen LogP contribution in [0, 0.1) is 6.92 Å². The van der Waals surface area contributed by atoms with E-state index in [9.17, 15) is 0 Å². The zero-order valence-electron chi connectivity index (χ0n) is 9.74. The van der Waals surface area contributed by atoms with Crippen LogP contribution < -0.4 is 5.32 Å². The highest BCUT2D eigenvalue weighted by atomic mass is 16.7. The number of hydrogen-bond donors (Lipinski definition) is 1. The number of furan rings is 1. The van der Waals surface area contributed by atoms with Crippen molar-refractivity contribution in [3.63, 3.8) is 0 Å². The van der Waals surface area contributed by atoms with E-state index in [-0.39, 0.29) is 12.3 Å². The fourth-order valence-corrected chi connectivity index (χ4v) is 1.32. The highest BCUT2D eigenvalue weighted by molar-refractivity contribution is 5.08. The van der Waals surface area contributed by atoms with Gasteiger partial charge in [0.05, 0.1) is 6.04 Å².